The quantitative estimate of drug-likeness (QED) is 0.857. The minimum atomic E-state index is -4.03. The summed E-state index contributed by atoms with van der Waals surface area (Å²) in [4.78, 5) is 2.38. The Hall–Kier alpha value is -0.910. The number of nitrogens with zero attached hydrogens (tertiary/aromatic N) is 1. The second kappa shape index (κ2) is 6.31. The Morgan fingerprint density at radius 1 is 1.33 bits per heavy atom. The second-order valence-corrected chi connectivity index (χ2v) is 5.93. The molecule has 0 saturated heterocycles. The maximum atomic E-state index is 10.6. The van der Waals surface area contributed by atoms with Gasteiger partial charge in [0.05, 0.1) is 4.90 Å². The van der Waals surface area contributed by atoms with Crippen molar-refractivity contribution in [2.24, 2.45) is 0 Å². The van der Waals surface area contributed by atoms with Crippen LogP contribution in [0.4, 0.5) is 0 Å². The fraction of sp³-hybridized carbons (Fsp3) is 0.538. The first-order valence-electron chi connectivity index (χ1n) is 6.09. The van der Waals surface area contributed by atoms with E-state index in [1.807, 2.05) is 0 Å². The monoisotopic (exact) mass is 271 g/mol. The third kappa shape index (κ3) is 4.76. The van der Waals surface area contributed by atoms with E-state index in [9.17, 15) is 8.42 Å². The summed E-state index contributed by atoms with van der Waals surface area (Å²) in [6, 6.07) is 7.22. The van der Waals surface area contributed by atoms with Gasteiger partial charge in [-0.15, -0.1) is 0 Å². The molecule has 0 aromatic heterocycles. The average Bonchev–Trinajstić information content (AvgIpc) is 3.12. The van der Waals surface area contributed by atoms with Gasteiger partial charge in [-0.2, -0.15) is 8.42 Å². The molecule has 1 saturated carbocycles. The van der Waals surface area contributed by atoms with Gasteiger partial charge in [-0.1, -0.05) is 25.1 Å². The van der Waals surface area contributed by atoms with Crippen LogP contribution in [0.2, 0.25) is 0 Å². The van der Waals surface area contributed by atoms with Gasteiger partial charge >= 0.3 is 0 Å². The van der Waals surface area contributed by atoms with Gasteiger partial charge in [0, 0.05) is 6.04 Å². The molecule has 1 aromatic carbocycles. The highest BCUT2D eigenvalue weighted by Crippen LogP contribution is 2.24. The number of benzene rings is 1. The van der Waals surface area contributed by atoms with E-state index >= 15 is 0 Å². The molecule has 1 aromatic rings. The summed E-state index contributed by atoms with van der Waals surface area (Å²) in [5.74, 6) is 0. The van der Waals surface area contributed by atoms with E-state index in [0.29, 0.717) is 5.56 Å². The van der Waals surface area contributed by atoms with Crippen LogP contribution in [-0.4, -0.2) is 37.5 Å². The maximum absolute atomic E-state index is 10.6. The molecule has 0 heterocycles. The highest BCUT2D eigenvalue weighted by atomic mass is 32.2. The summed E-state index contributed by atoms with van der Waals surface area (Å²) in [5.41, 5.74) is 0.551. The van der Waals surface area contributed by atoms with Crippen LogP contribution in [0, 0.1) is 6.92 Å². The molecule has 18 heavy (non-hydrogen) atoms. The lowest BCUT2D eigenvalue weighted by Gasteiger charge is -2.10. The summed E-state index contributed by atoms with van der Waals surface area (Å²) in [6.07, 6.45) is 2.87. The van der Waals surface area contributed by atoms with Crippen molar-refractivity contribution in [2.45, 2.75) is 37.6 Å². The molecular weight excluding hydrogens is 250 g/mol. The SMILES string of the molecule is CCN(C)C1CC1.Cc1ccccc1S(=O)(=O)O. The minimum Gasteiger partial charge on any atom is -0.304 e. The molecule has 0 spiro atoms. The van der Waals surface area contributed by atoms with Crippen LogP contribution < -0.4 is 0 Å². The van der Waals surface area contributed by atoms with Crippen LogP contribution in [0.15, 0.2) is 29.2 Å². The molecule has 1 fully saturated rings. The molecule has 4 nitrogen and oxygen atoms in total. The van der Waals surface area contributed by atoms with Crippen LogP contribution in [-0.2, 0) is 10.1 Å². The van der Waals surface area contributed by atoms with E-state index in [-0.39, 0.29) is 4.90 Å². The van der Waals surface area contributed by atoms with Gasteiger partial charge in [0.2, 0.25) is 0 Å². The Balaban J connectivity index is 0.000000199. The van der Waals surface area contributed by atoms with E-state index in [4.69, 9.17) is 4.55 Å². The van der Waals surface area contributed by atoms with Crippen LogP contribution in [0.3, 0.4) is 0 Å². The average molecular weight is 271 g/mol. The normalized spacial score (nSPS) is 15.2. The molecule has 5 heteroatoms. The van der Waals surface area contributed by atoms with Crippen molar-refractivity contribution in [1.82, 2.24) is 4.90 Å². The van der Waals surface area contributed by atoms with E-state index in [1.54, 1.807) is 25.1 Å². The molecule has 0 amide bonds. The van der Waals surface area contributed by atoms with Gasteiger partial charge in [0.1, 0.15) is 0 Å². The van der Waals surface area contributed by atoms with Crippen molar-refractivity contribution in [1.29, 1.82) is 0 Å². The molecule has 1 N–H and O–H groups in total. The van der Waals surface area contributed by atoms with Crippen molar-refractivity contribution < 1.29 is 13.0 Å². The summed E-state index contributed by atoms with van der Waals surface area (Å²) >= 11 is 0. The van der Waals surface area contributed by atoms with E-state index < -0.39 is 10.1 Å². The lowest BCUT2D eigenvalue weighted by Crippen LogP contribution is -2.19. The number of rotatable bonds is 3. The Morgan fingerprint density at radius 3 is 2.17 bits per heavy atom. The third-order valence-electron chi connectivity index (χ3n) is 3.04. The van der Waals surface area contributed by atoms with Crippen molar-refractivity contribution >= 4 is 10.1 Å². The van der Waals surface area contributed by atoms with Crippen LogP contribution in [0.25, 0.3) is 0 Å². The first kappa shape index (κ1) is 15.1. The largest absolute Gasteiger partial charge is 0.304 e. The van der Waals surface area contributed by atoms with Gasteiger partial charge < -0.3 is 4.90 Å². The molecular formula is C13H21NO3S. The lowest BCUT2D eigenvalue weighted by atomic mass is 10.2. The molecule has 0 aliphatic heterocycles. The molecule has 1 aliphatic carbocycles. The predicted octanol–water partition coefficient (Wildman–Crippen LogP) is 2.34. The highest BCUT2D eigenvalue weighted by molar-refractivity contribution is 7.85. The fourth-order valence-corrected chi connectivity index (χ4v) is 2.34. The lowest BCUT2D eigenvalue weighted by molar-refractivity contribution is 0.343. The summed E-state index contributed by atoms with van der Waals surface area (Å²) in [7, 11) is -1.84. The first-order chi connectivity index (χ1) is 8.36. The zero-order valence-electron chi connectivity index (χ0n) is 11.1. The fourth-order valence-electron chi connectivity index (χ4n) is 1.62. The molecule has 1 aliphatic rings. The van der Waals surface area contributed by atoms with Gasteiger partial charge in [0.25, 0.3) is 10.1 Å². The topological polar surface area (TPSA) is 57.6 Å². The van der Waals surface area contributed by atoms with Gasteiger partial charge in [-0.25, -0.2) is 0 Å². The minimum absolute atomic E-state index is 0.0278. The van der Waals surface area contributed by atoms with E-state index in [1.165, 1.54) is 25.5 Å². The molecule has 0 bridgehead atoms. The zero-order valence-corrected chi connectivity index (χ0v) is 11.9. The molecule has 0 radical (unpaired) electrons. The Morgan fingerprint density at radius 2 is 1.89 bits per heavy atom. The zero-order chi connectivity index (χ0) is 13.8. The van der Waals surface area contributed by atoms with Crippen molar-refractivity contribution in [3.05, 3.63) is 29.8 Å². The van der Waals surface area contributed by atoms with Crippen LogP contribution in [0.1, 0.15) is 25.3 Å². The van der Waals surface area contributed by atoms with Crippen LogP contribution in [0.5, 0.6) is 0 Å². The Labute approximate surface area is 109 Å². The number of hydrogen-bond donors (Lipinski definition) is 1. The smallest absolute Gasteiger partial charge is 0.294 e. The summed E-state index contributed by atoms with van der Waals surface area (Å²) in [6.45, 7) is 5.05. The molecule has 2 rings (SSSR count). The summed E-state index contributed by atoms with van der Waals surface area (Å²) < 4.78 is 29.9. The standard InChI is InChI=1S/C7H8O3S.C6H13N/c1-6-4-2-3-5-7(6)11(8,9)10;1-3-7(2)6-4-5-6/h2-5H,1H3,(H,8,9,10);6H,3-5H2,1-2H3. The molecule has 0 atom stereocenters. The molecule has 102 valence electrons. The van der Waals surface area contributed by atoms with Crippen molar-refractivity contribution in [3.63, 3.8) is 0 Å². The van der Waals surface area contributed by atoms with E-state index in [0.717, 1.165) is 6.04 Å². The van der Waals surface area contributed by atoms with Gasteiger partial charge in [-0.05, 0) is 45.0 Å². The summed E-state index contributed by atoms with van der Waals surface area (Å²) in [5, 5.41) is 0. The maximum Gasteiger partial charge on any atom is 0.294 e. The molecule has 0 unspecified atom stereocenters. The second-order valence-electron chi connectivity index (χ2n) is 4.54. The van der Waals surface area contributed by atoms with Crippen molar-refractivity contribution in [3.8, 4) is 0 Å². The Kier molecular flexibility index (Phi) is 5.31. The Bertz CT molecular complexity index is 481. The predicted molar refractivity (Wildman–Crippen MR) is 72.3 cm³/mol. The van der Waals surface area contributed by atoms with Gasteiger partial charge in [0.15, 0.2) is 0 Å². The van der Waals surface area contributed by atoms with Crippen molar-refractivity contribution in [2.75, 3.05) is 13.6 Å². The number of aryl methyl sites for hydroxylation is 1. The third-order valence-corrected chi connectivity index (χ3v) is 4.05. The van der Waals surface area contributed by atoms with Crippen LogP contribution >= 0.6 is 0 Å². The van der Waals surface area contributed by atoms with E-state index in [2.05, 4.69) is 18.9 Å². The van der Waals surface area contributed by atoms with Gasteiger partial charge in [-0.3, -0.25) is 4.55 Å². The highest BCUT2D eigenvalue weighted by Gasteiger charge is 2.24. The number of hydrogen-bond acceptors (Lipinski definition) is 3. The first-order valence-corrected chi connectivity index (χ1v) is 7.53.